The van der Waals surface area contributed by atoms with Crippen molar-refractivity contribution in [3.05, 3.63) is 59.7 Å². The van der Waals surface area contributed by atoms with E-state index in [1.807, 2.05) is 37.4 Å². The molecule has 2 aromatic rings. The van der Waals surface area contributed by atoms with Gasteiger partial charge in [0.25, 0.3) is 0 Å². The van der Waals surface area contributed by atoms with Crippen LogP contribution in [-0.4, -0.2) is 22.9 Å². The van der Waals surface area contributed by atoms with Crippen molar-refractivity contribution in [3.8, 4) is 5.75 Å². The molecule has 0 amide bonds. The Hall–Kier alpha value is -1.63. The van der Waals surface area contributed by atoms with Gasteiger partial charge in [0.15, 0.2) is 5.78 Å². The first-order valence-corrected chi connectivity index (χ1v) is 8.78. The number of hydrogen-bond donors (Lipinski definition) is 0. The van der Waals surface area contributed by atoms with Gasteiger partial charge in [0.1, 0.15) is 12.4 Å². The van der Waals surface area contributed by atoms with E-state index in [1.54, 1.807) is 36.0 Å². The highest BCUT2D eigenvalue weighted by Gasteiger charge is 2.10. The summed E-state index contributed by atoms with van der Waals surface area (Å²) in [6, 6.07) is 14.2. The number of aryl methyl sites for hydroxylation is 1. The van der Waals surface area contributed by atoms with Gasteiger partial charge in [-0.3, -0.25) is 8.98 Å². The van der Waals surface area contributed by atoms with Crippen LogP contribution in [0.25, 0.3) is 0 Å². The van der Waals surface area contributed by atoms with Gasteiger partial charge in [0, 0.05) is 10.5 Å². The fraction of sp³-hybridized carbons (Fsp3) is 0.188. The van der Waals surface area contributed by atoms with Gasteiger partial charge in [-0.2, -0.15) is 4.21 Å². The molecule has 0 fully saturated rings. The molecule has 6 heteroatoms. The molecule has 0 saturated heterocycles. The lowest BCUT2D eigenvalue weighted by Crippen LogP contribution is -2.13. The Morgan fingerprint density at radius 1 is 1.09 bits per heavy atom. The molecule has 0 bridgehead atoms. The average Bonchev–Trinajstić information content (AvgIpc) is 2.55. The van der Waals surface area contributed by atoms with E-state index in [1.165, 1.54) is 0 Å². The Balaban J connectivity index is 1.84. The molecular formula is C16H16O4S2. The molecule has 2 rings (SSSR count). The van der Waals surface area contributed by atoms with Gasteiger partial charge in [-0.15, -0.1) is 11.8 Å². The van der Waals surface area contributed by atoms with E-state index < -0.39 is 11.4 Å². The lowest BCUT2D eigenvalue weighted by Gasteiger charge is -2.05. The summed E-state index contributed by atoms with van der Waals surface area (Å²) in [5.41, 5.74) is 1.59. The van der Waals surface area contributed by atoms with Crippen LogP contribution < -0.4 is 4.18 Å². The van der Waals surface area contributed by atoms with Crippen molar-refractivity contribution >= 4 is 28.9 Å². The van der Waals surface area contributed by atoms with E-state index in [2.05, 4.69) is 0 Å². The summed E-state index contributed by atoms with van der Waals surface area (Å²) >= 11 is -0.404. The number of hydrogen-bond acceptors (Lipinski definition) is 5. The maximum absolute atomic E-state index is 11.9. The monoisotopic (exact) mass is 336 g/mol. The highest BCUT2D eigenvalue weighted by atomic mass is 32.2. The fourth-order valence-electron chi connectivity index (χ4n) is 1.66. The van der Waals surface area contributed by atoms with Gasteiger partial charge < -0.3 is 4.18 Å². The van der Waals surface area contributed by atoms with Gasteiger partial charge in [-0.1, -0.05) is 29.8 Å². The summed E-state index contributed by atoms with van der Waals surface area (Å²) in [5.74, 6) is 0.189. The van der Waals surface area contributed by atoms with E-state index in [9.17, 15) is 9.00 Å². The molecule has 0 heterocycles. The number of carbonyl (C=O) groups excluding carboxylic acids is 1. The minimum Gasteiger partial charge on any atom is -0.380 e. The fourth-order valence-corrected chi connectivity index (χ4v) is 2.59. The average molecular weight is 336 g/mol. The topological polar surface area (TPSA) is 52.6 Å². The van der Waals surface area contributed by atoms with Gasteiger partial charge >= 0.3 is 11.4 Å². The van der Waals surface area contributed by atoms with E-state index >= 15 is 0 Å². The molecule has 0 aliphatic carbocycles. The second kappa shape index (κ2) is 8.12. The second-order valence-electron chi connectivity index (χ2n) is 4.51. The minimum absolute atomic E-state index is 0.242. The normalized spacial score (nSPS) is 11.9. The molecule has 0 spiro atoms. The standard InChI is InChI=1S/C16H16O4S2/c1-12-3-7-14(8-4-12)20-22(18)19-11-16(17)13-5-9-15(21-2)10-6-13/h3-10H,11H2,1-2H3. The predicted molar refractivity (Wildman–Crippen MR) is 88.5 cm³/mol. The zero-order valence-corrected chi connectivity index (χ0v) is 13.9. The first-order valence-electron chi connectivity index (χ1n) is 6.56. The smallest absolute Gasteiger partial charge is 0.360 e. The Kier molecular flexibility index (Phi) is 6.18. The molecule has 0 aromatic heterocycles. The van der Waals surface area contributed by atoms with Crippen LogP contribution in [0.2, 0.25) is 0 Å². The Morgan fingerprint density at radius 2 is 1.73 bits per heavy atom. The number of carbonyl (C=O) groups is 1. The van der Waals surface area contributed by atoms with Crippen LogP contribution in [0.1, 0.15) is 15.9 Å². The van der Waals surface area contributed by atoms with E-state index in [0.717, 1.165) is 10.5 Å². The van der Waals surface area contributed by atoms with Crippen molar-refractivity contribution in [1.82, 2.24) is 0 Å². The van der Waals surface area contributed by atoms with Crippen LogP contribution in [-0.2, 0) is 15.5 Å². The lowest BCUT2D eigenvalue weighted by molar-refractivity contribution is 0.0924. The summed E-state index contributed by atoms with van der Waals surface area (Å²) in [6.45, 7) is 1.65. The SMILES string of the molecule is CSc1ccc(C(=O)COS(=O)Oc2ccc(C)cc2)cc1. The molecule has 116 valence electrons. The molecular weight excluding hydrogens is 320 g/mol. The van der Waals surface area contributed by atoms with Crippen LogP contribution >= 0.6 is 11.8 Å². The van der Waals surface area contributed by atoms with Crippen molar-refractivity contribution in [2.24, 2.45) is 0 Å². The van der Waals surface area contributed by atoms with Gasteiger partial charge in [0.2, 0.25) is 0 Å². The first-order chi connectivity index (χ1) is 10.6. The van der Waals surface area contributed by atoms with Crippen LogP contribution in [0.15, 0.2) is 53.4 Å². The summed E-state index contributed by atoms with van der Waals surface area (Å²) in [4.78, 5) is 13.0. The summed E-state index contributed by atoms with van der Waals surface area (Å²) in [6.07, 6.45) is 1.96. The van der Waals surface area contributed by atoms with Crippen molar-refractivity contribution in [2.75, 3.05) is 12.9 Å². The van der Waals surface area contributed by atoms with Crippen LogP contribution in [0, 0.1) is 6.92 Å². The third-order valence-corrected chi connectivity index (χ3v) is 4.27. The maximum Gasteiger partial charge on any atom is 0.360 e. The van der Waals surface area contributed by atoms with Crippen molar-refractivity contribution in [2.45, 2.75) is 11.8 Å². The number of benzene rings is 2. The largest absolute Gasteiger partial charge is 0.380 e. The van der Waals surface area contributed by atoms with Gasteiger partial charge in [-0.05, 0) is 37.4 Å². The predicted octanol–water partition coefficient (Wildman–Crippen LogP) is 3.57. The minimum atomic E-state index is -2.00. The van der Waals surface area contributed by atoms with E-state index in [4.69, 9.17) is 8.37 Å². The molecule has 0 saturated carbocycles. The summed E-state index contributed by atoms with van der Waals surface area (Å²) in [7, 11) is 0. The molecule has 0 aliphatic rings. The van der Waals surface area contributed by atoms with E-state index in [-0.39, 0.29) is 12.4 Å². The highest BCUT2D eigenvalue weighted by Crippen LogP contribution is 2.16. The van der Waals surface area contributed by atoms with Gasteiger partial charge in [0.05, 0.1) is 0 Å². The molecule has 4 nitrogen and oxygen atoms in total. The van der Waals surface area contributed by atoms with E-state index in [0.29, 0.717) is 11.3 Å². The van der Waals surface area contributed by atoms with Gasteiger partial charge in [-0.25, -0.2) is 0 Å². The van der Waals surface area contributed by atoms with Crippen LogP contribution in [0.4, 0.5) is 0 Å². The first kappa shape index (κ1) is 16.7. The third kappa shape index (κ3) is 4.98. The van der Waals surface area contributed by atoms with Crippen LogP contribution in [0.5, 0.6) is 5.75 Å². The van der Waals surface area contributed by atoms with Crippen LogP contribution in [0.3, 0.4) is 0 Å². The molecule has 22 heavy (non-hydrogen) atoms. The third-order valence-electron chi connectivity index (χ3n) is 2.88. The second-order valence-corrected chi connectivity index (χ2v) is 6.20. The van der Waals surface area contributed by atoms with Crippen molar-refractivity contribution in [1.29, 1.82) is 0 Å². The summed E-state index contributed by atoms with van der Waals surface area (Å²) in [5, 5.41) is 0. The van der Waals surface area contributed by atoms with Crippen molar-refractivity contribution < 1.29 is 17.4 Å². The Morgan fingerprint density at radius 3 is 2.32 bits per heavy atom. The molecule has 1 atom stereocenters. The maximum atomic E-state index is 11.9. The molecule has 0 radical (unpaired) electrons. The number of rotatable bonds is 7. The number of Topliss-reactive ketones (excluding diaryl/α,β-unsaturated/α-hetero) is 1. The molecule has 0 aliphatic heterocycles. The Bertz CT molecular complexity index is 651. The molecule has 1 unspecified atom stereocenters. The zero-order chi connectivity index (χ0) is 15.9. The summed E-state index contributed by atoms with van der Waals surface area (Å²) < 4.78 is 21.7. The Labute approximate surface area is 136 Å². The number of thioether (sulfide) groups is 1. The highest BCUT2D eigenvalue weighted by molar-refractivity contribution is 7.98. The molecule has 0 N–H and O–H groups in total. The quantitative estimate of drug-likeness (QED) is 0.571. The number of ketones is 1. The lowest BCUT2D eigenvalue weighted by atomic mass is 10.1. The van der Waals surface area contributed by atoms with Crippen molar-refractivity contribution in [3.63, 3.8) is 0 Å². The zero-order valence-electron chi connectivity index (χ0n) is 12.3. The molecule has 2 aromatic carbocycles.